The van der Waals surface area contributed by atoms with E-state index >= 15 is 0 Å². The maximum atomic E-state index is 13.1. The highest BCUT2D eigenvalue weighted by molar-refractivity contribution is 5.48. The molecular weight excluding hydrogens is 323 g/mol. The molecule has 3 aromatic heterocycles. The van der Waals surface area contributed by atoms with Crippen LogP contribution in [0.25, 0.3) is 5.78 Å². The molecular formula is C14H14F3N7. The fourth-order valence-electron chi connectivity index (χ4n) is 3.06. The minimum absolute atomic E-state index is 0.0884. The number of aryl methyl sites for hydroxylation is 2. The van der Waals surface area contributed by atoms with Crippen LogP contribution in [-0.4, -0.2) is 29.4 Å². The van der Waals surface area contributed by atoms with Crippen LogP contribution in [0, 0.1) is 0 Å². The number of alkyl halides is 3. The lowest BCUT2D eigenvalue weighted by molar-refractivity contribution is -0.141. The van der Waals surface area contributed by atoms with Crippen LogP contribution in [0.4, 0.5) is 19.0 Å². The van der Waals surface area contributed by atoms with Gasteiger partial charge in [0.15, 0.2) is 5.69 Å². The quantitative estimate of drug-likeness (QED) is 0.777. The number of halogens is 3. The van der Waals surface area contributed by atoms with Gasteiger partial charge in [-0.05, 0) is 19.3 Å². The second-order valence-corrected chi connectivity index (χ2v) is 5.79. The van der Waals surface area contributed by atoms with Gasteiger partial charge in [-0.2, -0.15) is 32.9 Å². The predicted octanol–water partition coefficient (Wildman–Crippen LogP) is 2.37. The Bertz CT molecular complexity index is 896. The van der Waals surface area contributed by atoms with E-state index in [1.165, 1.54) is 10.8 Å². The van der Waals surface area contributed by atoms with Gasteiger partial charge >= 0.3 is 6.18 Å². The number of aromatic nitrogens is 6. The largest absolute Gasteiger partial charge is 0.433 e. The third-order valence-electron chi connectivity index (χ3n) is 4.08. The van der Waals surface area contributed by atoms with Crippen molar-refractivity contribution in [1.82, 2.24) is 29.4 Å². The van der Waals surface area contributed by atoms with Gasteiger partial charge in [-0.25, -0.2) is 4.98 Å². The lowest BCUT2D eigenvalue weighted by Crippen LogP contribution is -2.19. The Morgan fingerprint density at radius 2 is 2.17 bits per heavy atom. The second kappa shape index (κ2) is 5.18. The number of nitrogens with zero attached hydrogens (tertiary/aromatic N) is 6. The molecule has 4 rings (SSSR count). The Morgan fingerprint density at radius 1 is 1.33 bits per heavy atom. The third kappa shape index (κ3) is 2.47. The summed E-state index contributed by atoms with van der Waals surface area (Å²) in [5.74, 6) is 0.126. The van der Waals surface area contributed by atoms with Crippen LogP contribution in [0.5, 0.6) is 0 Å². The van der Waals surface area contributed by atoms with Crippen molar-refractivity contribution in [2.45, 2.75) is 31.5 Å². The molecule has 1 aliphatic carbocycles. The molecule has 126 valence electrons. The van der Waals surface area contributed by atoms with E-state index in [0.717, 1.165) is 36.6 Å². The molecule has 3 aromatic rings. The first-order valence-corrected chi connectivity index (χ1v) is 7.49. The summed E-state index contributed by atoms with van der Waals surface area (Å²) in [5, 5.41) is 11.5. The molecule has 0 amide bonds. The van der Waals surface area contributed by atoms with Crippen molar-refractivity contribution in [3.05, 3.63) is 35.5 Å². The summed E-state index contributed by atoms with van der Waals surface area (Å²) >= 11 is 0. The van der Waals surface area contributed by atoms with Gasteiger partial charge < -0.3 is 5.32 Å². The Labute approximate surface area is 134 Å². The van der Waals surface area contributed by atoms with Crippen LogP contribution in [0.1, 0.15) is 35.8 Å². The number of hydrogen-bond acceptors (Lipinski definition) is 5. The molecule has 24 heavy (non-hydrogen) atoms. The molecule has 1 unspecified atom stereocenters. The van der Waals surface area contributed by atoms with Crippen molar-refractivity contribution in [3.8, 4) is 0 Å². The number of fused-ring (bicyclic) bond motifs is 2. The van der Waals surface area contributed by atoms with Crippen molar-refractivity contribution < 1.29 is 13.2 Å². The van der Waals surface area contributed by atoms with Gasteiger partial charge in [0.2, 0.25) is 0 Å². The Kier molecular flexibility index (Phi) is 3.22. The van der Waals surface area contributed by atoms with Crippen LogP contribution in [0.3, 0.4) is 0 Å². The summed E-state index contributed by atoms with van der Waals surface area (Å²) in [5.41, 5.74) is 0.983. The van der Waals surface area contributed by atoms with E-state index in [1.54, 1.807) is 4.68 Å². The lowest BCUT2D eigenvalue weighted by atomic mass is 9.93. The molecule has 3 heterocycles. The third-order valence-corrected chi connectivity index (χ3v) is 4.08. The SMILES string of the molecule is Cn1cc2c(n1)CCCC2Nc1cc(C(F)(F)F)nc2ncnn12. The average molecular weight is 337 g/mol. The minimum atomic E-state index is -4.55. The summed E-state index contributed by atoms with van der Waals surface area (Å²) in [6, 6.07) is 0.838. The van der Waals surface area contributed by atoms with Crippen LogP contribution >= 0.6 is 0 Å². The molecule has 0 bridgehead atoms. The fraction of sp³-hybridized carbons (Fsp3) is 0.429. The van der Waals surface area contributed by atoms with Crippen molar-refractivity contribution in [3.63, 3.8) is 0 Å². The van der Waals surface area contributed by atoms with E-state index in [2.05, 4.69) is 25.5 Å². The van der Waals surface area contributed by atoms with Gasteiger partial charge in [0, 0.05) is 24.9 Å². The van der Waals surface area contributed by atoms with E-state index in [1.807, 2.05) is 13.2 Å². The second-order valence-electron chi connectivity index (χ2n) is 5.79. The molecule has 1 N–H and O–H groups in total. The van der Waals surface area contributed by atoms with Crippen LogP contribution in [0.15, 0.2) is 18.6 Å². The number of anilines is 1. The van der Waals surface area contributed by atoms with Gasteiger partial charge in [-0.3, -0.25) is 4.68 Å². The summed E-state index contributed by atoms with van der Waals surface area (Å²) in [4.78, 5) is 7.30. The van der Waals surface area contributed by atoms with Crippen molar-refractivity contribution in [2.24, 2.45) is 7.05 Å². The lowest BCUT2D eigenvalue weighted by Gasteiger charge is -2.24. The number of nitrogens with one attached hydrogen (secondary N) is 1. The van der Waals surface area contributed by atoms with Crippen LogP contribution in [-0.2, 0) is 19.6 Å². The normalized spacial score (nSPS) is 17.9. The van der Waals surface area contributed by atoms with Gasteiger partial charge in [-0.15, -0.1) is 0 Å². The van der Waals surface area contributed by atoms with E-state index in [4.69, 9.17) is 0 Å². The minimum Gasteiger partial charge on any atom is -0.363 e. The topological polar surface area (TPSA) is 72.9 Å². The summed E-state index contributed by atoms with van der Waals surface area (Å²) in [7, 11) is 1.83. The molecule has 0 aliphatic heterocycles. The van der Waals surface area contributed by atoms with E-state index in [9.17, 15) is 13.2 Å². The van der Waals surface area contributed by atoms with Gasteiger partial charge in [-0.1, -0.05) is 0 Å². The zero-order valence-electron chi connectivity index (χ0n) is 12.7. The highest BCUT2D eigenvalue weighted by Gasteiger charge is 2.34. The fourth-order valence-corrected chi connectivity index (χ4v) is 3.06. The Morgan fingerprint density at radius 3 is 2.96 bits per heavy atom. The summed E-state index contributed by atoms with van der Waals surface area (Å²) < 4.78 is 42.2. The number of rotatable bonds is 2. The van der Waals surface area contributed by atoms with Crippen molar-refractivity contribution in [2.75, 3.05) is 5.32 Å². The molecule has 10 heteroatoms. The molecule has 0 spiro atoms. The zero-order chi connectivity index (χ0) is 16.9. The van der Waals surface area contributed by atoms with Gasteiger partial charge in [0.1, 0.15) is 12.1 Å². The zero-order valence-corrected chi connectivity index (χ0v) is 12.7. The maximum Gasteiger partial charge on any atom is 0.433 e. The standard InChI is InChI=1S/C14H14F3N7/c1-23-6-8-9(3-2-4-10(8)22-23)20-12-5-11(14(15,16)17)21-13-18-7-19-24(12)13/h5-7,9,20H,2-4H2,1H3. The van der Waals surface area contributed by atoms with Gasteiger partial charge in [0.25, 0.3) is 5.78 Å². The van der Waals surface area contributed by atoms with Crippen LogP contribution < -0.4 is 5.32 Å². The molecule has 1 aliphatic rings. The van der Waals surface area contributed by atoms with Crippen LogP contribution in [0.2, 0.25) is 0 Å². The monoisotopic (exact) mass is 337 g/mol. The molecule has 0 radical (unpaired) electrons. The first-order chi connectivity index (χ1) is 11.4. The summed E-state index contributed by atoms with van der Waals surface area (Å²) in [6.07, 6.45) is 1.13. The first kappa shape index (κ1) is 14.9. The van der Waals surface area contributed by atoms with Crippen molar-refractivity contribution in [1.29, 1.82) is 0 Å². The molecule has 0 saturated carbocycles. The molecule has 0 saturated heterocycles. The Balaban J connectivity index is 1.76. The first-order valence-electron chi connectivity index (χ1n) is 7.49. The summed E-state index contributed by atoms with van der Waals surface area (Å²) in [6.45, 7) is 0. The molecule has 7 nitrogen and oxygen atoms in total. The number of hydrogen-bond donors (Lipinski definition) is 1. The molecule has 0 aromatic carbocycles. The van der Waals surface area contributed by atoms with E-state index in [-0.39, 0.29) is 17.6 Å². The smallest absolute Gasteiger partial charge is 0.363 e. The van der Waals surface area contributed by atoms with E-state index < -0.39 is 11.9 Å². The average Bonchev–Trinajstić information content (AvgIpc) is 3.12. The Hall–Kier alpha value is -2.65. The predicted molar refractivity (Wildman–Crippen MR) is 78.3 cm³/mol. The maximum absolute atomic E-state index is 13.1. The molecule has 1 atom stereocenters. The van der Waals surface area contributed by atoms with Gasteiger partial charge in [0.05, 0.1) is 11.7 Å². The highest BCUT2D eigenvalue weighted by Crippen LogP contribution is 2.34. The van der Waals surface area contributed by atoms with E-state index in [0.29, 0.717) is 0 Å². The van der Waals surface area contributed by atoms with Crippen molar-refractivity contribution >= 4 is 11.6 Å². The highest BCUT2D eigenvalue weighted by atomic mass is 19.4. The molecule has 0 fully saturated rings.